The molecule has 2 rings (SSSR count). The Bertz CT molecular complexity index is 542. The van der Waals surface area contributed by atoms with E-state index in [1.54, 1.807) is 31.2 Å². The summed E-state index contributed by atoms with van der Waals surface area (Å²) in [5, 5.41) is 2.81. The first kappa shape index (κ1) is 13.2. The summed E-state index contributed by atoms with van der Waals surface area (Å²) in [6.45, 7) is 2.01. The number of hydrogen-bond donors (Lipinski definition) is 2. The molecule has 0 bridgehead atoms. The number of benzene rings is 1. The van der Waals surface area contributed by atoms with E-state index in [0.29, 0.717) is 11.1 Å². The lowest BCUT2D eigenvalue weighted by Gasteiger charge is -2.29. The molecule has 1 unspecified atom stereocenters. The molecule has 3 N–H and O–H groups in total. The first-order chi connectivity index (χ1) is 8.99. The summed E-state index contributed by atoms with van der Waals surface area (Å²) in [5.41, 5.74) is 6.26. The highest BCUT2D eigenvalue weighted by molar-refractivity contribution is 6.01. The number of nitrogens with zero attached hydrogens (tertiary/aromatic N) is 1. The quantitative estimate of drug-likeness (QED) is 0.726. The van der Waals surface area contributed by atoms with Gasteiger partial charge in [-0.25, -0.2) is 0 Å². The zero-order valence-electron chi connectivity index (χ0n) is 10.6. The van der Waals surface area contributed by atoms with Crippen LogP contribution >= 0.6 is 0 Å². The van der Waals surface area contributed by atoms with Crippen LogP contribution < -0.4 is 11.1 Å². The van der Waals surface area contributed by atoms with Gasteiger partial charge < -0.3 is 5.73 Å². The maximum absolute atomic E-state index is 11.9. The molecule has 1 saturated heterocycles. The molecular formula is C13H15N3O3. The van der Waals surface area contributed by atoms with E-state index in [1.165, 1.54) is 4.90 Å². The second kappa shape index (κ2) is 5.19. The Morgan fingerprint density at radius 3 is 2.89 bits per heavy atom. The smallest absolute Gasteiger partial charge is 0.248 e. The van der Waals surface area contributed by atoms with Crippen LogP contribution in [-0.2, 0) is 16.1 Å². The highest BCUT2D eigenvalue weighted by Gasteiger charge is 2.30. The first-order valence-electron chi connectivity index (χ1n) is 5.95. The number of rotatable bonds is 3. The predicted molar refractivity (Wildman–Crippen MR) is 68.0 cm³/mol. The van der Waals surface area contributed by atoms with Crippen molar-refractivity contribution in [1.29, 1.82) is 0 Å². The maximum Gasteiger partial charge on any atom is 0.248 e. The van der Waals surface area contributed by atoms with Crippen molar-refractivity contribution in [3.63, 3.8) is 0 Å². The Kier molecular flexibility index (Phi) is 3.62. The molecule has 1 aromatic rings. The Balaban J connectivity index is 2.20. The van der Waals surface area contributed by atoms with E-state index in [0.717, 1.165) is 0 Å². The van der Waals surface area contributed by atoms with Gasteiger partial charge in [0.1, 0.15) is 0 Å². The van der Waals surface area contributed by atoms with E-state index in [-0.39, 0.29) is 30.9 Å². The average molecular weight is 261 g/mol. The first-order valence-corrected chi connectivity index (χ1v) is 5.95. The van der Waals surface area contributed by atoms with Gasteiger partial charge in [-0.05, 0) is 24.6 Å². The summed E-state index contributed by atoms with van der Waals surface area (Å²) < 4.78 is 0. The lowest BCUT2D eigenvalue weighted by atomic mass is 10.1. The van der Waals surface area contributed by atoms with Gasteiger partial charge in [0.05, 0.1) is 19.1 Å². The van der Waals surface area contributed by atoms with Crippen molar-refractivity contribution >= 4 is 17.7 Å². The van der Waals surface area contributed by atoms with Crippen molar-refractivity contribution in [2.24, 2.45) is 5.73 Å². The molecule has 6 nitrogen and oxygen atoms in total. The molecule has 0 spiro atoms. The van der Waals surface area contributed by atoms with E-state index < -0.39 is 5.91 Å². The summed E-state index contributed by atoms with van der Waals surface area (Å²) >= 11 is 0. The van der Waals surface area contributed by atoms with Crippen LogP contribution in [0.5, 0.6) is 0 Å². The summed E-state index contributed by atoms with van der Waals surface area (Å²) in [6.07, 6.45) is 0. The van der Waals surface area contributed by atoms with Crippen LogP contribution in [0.2, 0.25) is 0 Å². The normalized spacial score (nSPS) is 19.6. The molecule has 19 heavy (non-hydrogen) atoms. The molecule has 1 heterocycles. The Morgan fingerprint density at radius 2 is 2.21 bits per heavy atom. The molecule has 1 aromatic carbocycles. The molecule has 6 heteroatoms. The monoisotopic (exact) mass is 261 g/mol. The molecule has 1 aliphatic heterocycles. The molecule has 3 amide bonds. The minimum atomic E-state index is -0.534. The Hall–Kier alpha value is -2.21. The van der Waals surface area contributed by atoms with Crippen molar-refractivity contribution in [2.45, 2.75) is 19.5 Å². The van der Waals surface area contributed by atoms with Gasteiger partial charge in [-0.3, -0.25) is 24.6 Å². The van der Waals surface area contributed by atoms with Gasteiger partial charge in [0.2, 0.25) is 17.7 Å². The fourth-order valence-electron chi connectivity index (χ4n) is 1.95. The number of nitrogens with one attached hydrogen (secondary N) is 1. The zero-order chi connectivity index (χ0) is 14.0. The van der Waals surface area contributed by atoms with Gasteiger partial charge in [0.25, 0.3) is 0 Å². The minimum absolute atomic E-state index is 0.141. The molecule has 0 aliphatic carbocycles. The predicted octanol–water partition coefficient (Wildman–Crippen LogP) is -0.368. The molecule has 0 aromatic heterocycles. The number of imide groups is 1. The number of primary amides is 1. The molecule has 100 valence electrons. The average Bonchev–Trinajstić information content (AvgIpc) is 2.39. The molecule has 1 fully saturated rings. The second-order valence-corrected chi connectivity index (χ2v) is 4.49. The van der Waals surface area contributed by atoms with E-state index >= 15 is 0 Å². The zero-order valence-corrected chi connectivity index (χ0v) is 10.6. The van der Waals surface area contributed by atoms with Crippen LogP contribution in [0.1, 0.15) is 22.8 Å². The minimum Gasteiger partial charge on any atom is -0.366 e. The number of hydrogen-bond acceptors (Lipinski definition) is 4. The van der Waals surface area contributed by atoms with Gasteiger partial charge in [-0.1, -0.05) is 12.1 Å². The second-order valence-electron chi connectivity index (χ2n) is 4.49. The largest absolute Gasteiger partial charge is 0.366 e. The van der Waals surface area contributed by atoms with Crippen molar-refractivity contribution < 1.29 is 14.4 Å². The summed E-state index contributed by atoms with van der Waals surface area (Å²) in [5.74, 6) is -1.07. The third-order valence-corrected chi connectivity index (χ3v) is 3.05. The van der Waals surface area contributed by atoms with Crippen molar-refractivity contribution in [2.75, 3.05) is 6.54 Å². The van der Waals surface area contributed by atoms with Gasteiger partial charge in [-0.15, -0.1) is 0 Å². The fraction of sp³-hybridized carbons (Fsp3) is 0.308. The maximum atomic E-state index is 11.9. The van der Waals surface area contributed by atoms with Crippen LogP contribution in [0.4, 0.5) is 0 Å². The molecule has 0 radical (unpaired) electrons. The lowest BCUT2D eigenvalue weighted by Crippen LogP contribution is -2.56. The van der Waals surface area contributed by atoms with Crippen LogP contribution in [0, 0.1) is 0 Å². The fourth-order valence-corrected chi connectivity index (χ4v) is 1.95. The van der Waals surface area contributed by atoms with Crippen LogP contribution in [-0.4, -0.2) is 35.2 Å². The number of amides is 3. The number of piperazine rings is 1. The van der Waals surface area contributed by atoms with E-state index in [4.69, 9.17) is 5.73 Å². The van der Waals surface area contributed by atoms with E-state index in [1.807, 2.05) is 0 Å². The summed E-state index contributed by atoms with van der Waals surface area (Å²) in [7, 11) is 0. The summed E-state index contributed by atoms with van der Waals surface area (Å²) in [6, 6.07) is 6.23. The number of nitrogens with two attached hydrogens (primary N) is 1. The molecule has 0 saturated carbocycles. The number of carbonyl (C=O) groups is 3. The third kappa shape index (κ3) is 2.79. The summed E-state index contributed by atoms with van der Waals surface area (Å²) in [4.78, 5) is 35.9. The van der Waals surface area contributed by atoms with Gasteiger partial charge >= 0.3 is 0 Å². The Morgan fingerprint density at radius 1 is 1.47 bits per heavy atom. The van der Waals surface area contributed by atoms with Crippen LogP contribution in [0.15, 0.2) is 24.3 Å². The van der Waals surface area contributed by atoms with Gasteiger partial charge in [-0.2, -0.15) is 0 Å². The van der Waals surface area contributed by atoms with Crippen molar-refractivity contribution in [1.82, 2.24) is 10.2 Å². The van der Waals surface area contributed by atoms with E-state index in [2.05, 4.69) is 5.32 Å². The van der Waals surface area contributed by atoms with Crippen LogP contribution in [0.3, 0.4) is 0 Å². The SMILES string of the molecule is CC1NCC(=O)N(Cc2cccc(C(N)=O)c2)C1=O. The molecule has 1 atom stereocenters. The topological polar surface area (TPSA) is 92.5 Å². The Labute approximate surface area is 110 Å². The molecule has 1 aliphatic rings. The third-order valence-electron chi connectivity index (χ3n) is 3.05. The van der Waals surface area contributed by atoms with Crippen molar-refractivity contribution in [3.05, 3.63) is 35.4 Å². The van der Waals surface area contributed by atoms with E-state index in [9.17, 15) is 14.4 Å². The highest BCUT2D eigenvalue weighted by atomic mass is 16.2. The van der Waals surface area contributed by atoms with Gasteiger partial charge in [0.15, 0.2) is 0 Å². The van der Waals surface area contributed by atoms with Crippen molar-refractivity contribution in [3.8, 4) is 0 Å². The van der Waals surface area contributed by atoms with Gasteiger partial charge in [0, 0.05) is 5.56 Å². The number of carbonyl (C=O) groups excluding carboxylic acids is 3. The van der Waals surface area contributed by atoms with Crippen LogP contribution in [0.25, 0.3) is 0 Å². The highest BCUT2D eigenvalue weighted by Crippen LogP contribution is 2.11. The standard InChI is InChI=1S/C13H15N3O3/c1-8-13(19)16(11(17)6-15-8)7-9-3-2-4-10(5-9)12(14)18/h2-5,8,15H,6-7H2,1H3,(H2,14,18). The lowest BCUT2D eigenvalue weighted by molar-refractivity contribution is -0.149. The molecular weight excluding hydrogens is 246 g/mol.